The highest BCUT2D eigenvalue weighted by molar-refractivity contribution is 5.15. The molecule has 1 aromatic rings. The summed E-state index contributed by atoms with van der Waals surface area (Å²) in [7, 11) is 0. The van der Waals surface area contributed by atoms with Gasteiger partial charge in [0.2, 0.25) is 0 Å². The SMILES string of the molecule is CCC1CCC(CO)(NCc2ccccc2)C1. The summed E-state index contributed by atoms with van der Waals surface area (Å²) in [4.78, 5) is 0. The number of hydrogen-bond acceptors (Lipinski definition) is 2. The van der Waals surface area contributed by atoms with Gasteiger partial charge in [0.25, 0.3) is 0 Å². The van der Waals surface area contributed by atoms with E-state index in [0.717, 1.165) is 25.3 Å². The third-order valence-electron chi connectivity index (χ3n) is 4.10. The molecule has 17 heavy (non-hydrogen) atoms. The molecule has 94 valence electrons. The molecular weight excluding hydrogens is 210 g/mol. The summed E-state index contributed by atoms with van der Waals surface area (Å²) >= 11 is 0. The van der Waals surface area contributed by atoms with Gasteiger partial charge in [-0.2, -0.15) is 0 Å². The molecule has 2 N–H and O–H groups in total. The molecule has 0 amide bonds. The Hall–Kier alpha value is -0.860. The van der Waals surface area contributed by atoms with E-state index in [1.165, 1.54) is 18.4 Å². The van der Waals surface area contributed by atoms with Crippen LogP contribution in [0.2, 0.25) is 0 Å². The number of aliphatic hydroxyl groups excluding tert-OH is 1. The van der Waals surface area contributed by atoms with Crippen molar-refractivity contribution in [3.8, 4) is 0 Å². The quantitative estimate of drug-likeness (QED) is 0.819. The predicted octanol–water partition coefficient (Wildman–Crippen LogP) is 2.72. The third kappa shape index (κ3) is 3.08. The zero-order chi connectivity index (χ0) is 12.1. The minimum Gasteiger partial charge on any atom is -0.394 e. The highest BCUT2D eigenvalue weighted by Gasteiger charge is 2.37. The van der Waals surface area contributed by atoms with Crippen LogP contribution in [0, 0.1) is 5.92 Å². The highest BCUT2D eigenvalue weighted by atomic mass is 16.3. The van der Waals surface area contributed by atoms with Gasteiger partial charge in [0.15, 0.2) is 0 Å². The molecule has 1 aliphatic rings. The Morgan fingerprint density at radius 3 is 2.71 bits per heavy atom. The normalized spacial score (nSPS) is 28.5. The number of rotatable bonds is 5. The van der Waals surface area contributed by atoms with Crippen LogP contribution < -0.4 is 5.32 Å². The van der Waals surface area contributed by atoms with E-state index < -0.39 is 0 Å². The van der Waals surface area contributed by atoms with E-state index in [1.807, 2.05) is 6.07 Å². The van der Waals surface area contributed by atoms with Gasteiger partial charge in [-0.3, -0.25) is 0 Å². The Labute approximate surface area is 104 Å². The van der Waals surface area contributed by atoms with Crippen molar-refractivity contribution in [2.24, 2.45) is 5.92 Å². The van der Waals surface area contributed by atoms with Gasteiger partial charge >= 0.3 is 0 Å². The maximum atomic E-state index is 9.65. The van der Waals surface area contributed by atoms with Crippen molar-refractivity contribution in [2.45, 2.75) is 44.7 Å². The lowest BCUT2D eigenvalue weighted by atomic mass is 9.95. The van der Waals surface area contributed by atoms with Gasteiger partial charge in [0.05, 0.1) is 6.61 Å². The summed E-state index contributed by atoms with van der Waals surface area (Å²) in [5.74, 6) is 0.783. The van der Waals surface area contributed by atoms with Crippen LogP contribution in [-0.4, -0.2) is 17.3 Å². The maximum Gasteiger partial charge on any atom is 0.0613 e. The summed E-state index contributed by atoms with van der Waals surface area (Å²) in [6.45, 7) is 3.36. The lowest BCUT2D eigenvalue weighted by molar-refractivity contribution is 0.158. The largest absolute Gasteiger partial charge is 0.394 e. The Kier molecular flexibility index (Phi) is 4.19. The predicted molar refractivity (Wildman–Crippen MR) is 70.7 cm³/mol. The summed E-state index contributed by atoms with van der Waals surface area (Å²) in [6.07, 6.45) is 4.70. The van der Waals surface area contributed by atoms with E-state index in [0.29, 0.717) is 0 Å². The molecule has 1 aliphatic carbocycles. The monoisotopic (exact) mass is 233 g/mol. The Balaban J connectivity index is 1.92. The van der Waals surface area contributed by atoms with Crippen molar-refractivity contribution >= 4 is 0 Å². The first kappa shape index (κ1) is 12.6. The molecule has 0 aliphatic heterocycles. The van der Waals surface area contributed by atoms with Crippen molar-refractivity contribution < 1.29 is 5.11 Å². The first-order valence-electron chi connectivity index (χ1n) is 6.68. The molecule has 1 fully saturated rings. The fraction of sp³-hybridized carbons (Fsp3) is 0.600. The average Bonchev–Trinajstić information content (AvgIpc) is 2.82. The average molecular weight is 233 g/mol. The first-order valence-corrected chi connectivity index (χ1v) is 6.68. The van der Waals surface area contributed by atoms with Crippen molar-refractivity contribution in [1.82, 2.24) is 5.32 Å². The molecule has 2 rings (SSSR count). The van der Waals surface area contributed by atoms with Crippen LogP contribution in [0.25, 0.3) is 0 Å². The molecule has 2 unspecified atom stereocenters. The Bertz CT molecular complexity index is 338. The number of hydrogen-bond donors (Lipinski definition) is 2. The van der Waals surface area contributed by atoms with Crippen molar-refractivity contribution in [2.75, 3.05) is 6.61 Å². The van der Waals surface area contributed by atoms with E-state index >= 15 is 0 Å². The first-order chi connectivity index (χ1) is 8.28. The molecule has 0 aromatic heterocycles. The molecule has 1 saturated carbocycles. The van der Waals surface area contributed by atoms with E-state index in [4.69, 9.17) is 0 Å². The summed E-state index contributed by atoms with van der Waals surface area (Å²) in [5.41, 5.74) is 1.26. The molecule has 1 aromatic carbocycles. The highest BCUT2D eigenvalue weighted by Crippen LogP contribution is 2.36. The second kappa shape index (κ2) is 5.65. The van der Waals surface area contributed by atoms with Crippen LogP contribution in [0.15, 0.2) is 30.3 Å². The fourth-order valence-corrected chi connectivity index (χ4v) is 2.83. The summed E-state index contributed by atoms with van der Waals surface area (Å²) in [6, 6.07) is 10.4. The van der Waals surface area contributed by atoms with E-state index in [9.17, 15) is 5.11 Å². The van der Waals surface area contributed by atoms with E-state index in [-0.39, 0.29) is 12.1 Å². The number of benzene rings is 1. The maximum absolute atomic E-state index is 9.65. The van der Waals surface area contributed by atoms with Gasteiger partial charge in [-0.1, -0.05) is 43.7 Å². The second-order valence-electron chi connectivity index (χ2n) is 5.29. The molecule has 0 saturated heterocycles. The zero-order valence-electron chi connectivity index (χ0n) is 10.7. The van der Waals surface area contributed by atoms with Crippen molar-refractivity contribution in [1.29, 1.82) is 0 Å². The molecule has 2 nitrogen and oxygen atoms in total. The van der Waals surface area contributed by atoms with E-state index in [2.05, 4.69) is 36.5 Å². The van der Waals surface area contributed by atoms with Gasteiger partial charge < -0.3 is 10.4 Å². The van der Waals surface area contributed by atoms with Gasteiger partial charge in [-0.05, 0) is 30.7 Å². The number of aliphatic hydroxyl groups is 1. The smallest absolute Gasteiger partial charge is 0.0613 e. The van der Waals surface area contributed by atoms with Crippen LogP contribution in [0.5, 0.6) is 0 Å². The zero-order valence-corrected chi connectivity index (χ0v) is 10.7. The molecule has 2 heteroatoms. The van der Waals surface area contributed by atoms with Gasteiger partial charge in [0, 0.05) is 12.1 Å². The number of nitrogens with one attached hydrogen (secondary N) is 1. The Morgan fingerprint density at radius 2 is 2.12 bits per heavy atom. The molecule has 0 heterocycles. The van der Waals surface area contributed by atoms with Gasteiger partial charge in [0.1, 0.15) is 0 Å². The van der Waals surface area contributed by atoms with Gasteiger partial charge in [-0.15, -0.1) is 0 Å². The standard InChI is InChI=1S/C15H23NO/c1-2-13-8-9-15(10-13,12-17)16-11-14-6-4-3-5-7-14/h3-7,13,16-17H,2,8-12H2,1H3. The third-order valence-corrected chi connectivity index (χ3v) is 4.10. The minimum atomic E-state index is -0.0312. The minimum absolute atomic E-state index is 0.0312. The molecule has 2 atom stereocenters. The van der Waals surface area contributed by atoms with Crippen LogP contribution >= 0.6 is 0 Å². The lowest BCUT2D eigenvalue weighted by Gasteiger charge is -2.29. The lowest BCUT2D eigenvalue weighted by Crippen LogP contribution is -2.45. The molecule has 0 spiro atoms. The molecule has 0 bridgehead atoms. The second-order valence-corrected chi connectivity index (χ2v) is 5.29. The van der Waals surface area contributed by atoms with Crippen LogP contribution in [0.3, 0.4) is 0 Å². The summed E-state index contributed by atoms with van der Waals surface area (Å²) < 4.78 is 0. The topological polar surface area (TPSA) is 32.3 Å². The molecule has 0 radical (unpaired) electrons. The van der Waals surface area contributed by atoms with Crippen molar-refractivity contribution in [3.05, 3.63) is 35.9 Å². The van der Waals surface area contributed by atoms with Gasteiger partial charge in [-0.25, -0.2) is 0 Å². The van der Waals surface area contributed by atoms with Crippen LogP contribution in [0.1, 0.15) is 38.2 Å². The van der Waals surface area contributed by atoms with Crippen LogP contribution in [-0.2, 0) is 6.54 Å². The van der Waals surface area contributed by atoms with Crippen LogP contribution in [0.4, 0.5) is 0 Å². The van der Waals surface area contributed by atoms with Crippen molar-refractivity contribution in [3.63, 3.8) is 0 Å². The Morgan fingerprint density at radius 1 is 1.35 bits per heavy atom. The molecular formula is C15H23NO. The van der Waals surface area contributed by atoms with E-state index in [1.54, 1.807) is 0 Å². The fourth-order valence-electron chi connectivity index (χ4n) is 2.83. The summed E-state index contributed by atoms with van der Waals surface area (Å²) in [5, 5.41) is 13.2.